The minimum Gasteiger partial charge on any atom is -0.273 e. The summed E-state index contributed by atoms with van der Waals surface area (Å²) in [6, 6.07) is 9.91. The van der Waals surface area contributed by atoms with Gasteiger partial charge in [-0.2, -0.15) is 4.31 Å². The number of amides is 2. The van der Waals surface area contributed by atoms with Crippen molar-refractivity contribution in [3.63, 3.8) is 0 Å². The summed E-state index contributed by atoms with van der Waals surface area (Å²) in [6.07, 6.45) is 0.896. The normalized spacial score (nSPS) is 17.3. The van der Waals surface area contributed by atoms with Gasteiger partial charge < -0.3 is 0 Å². The molecule has 1 unspecified atom stereocenters. The van der Waals surface area contributed by atoms with Crippen LogP contribution in [0.1, 0.15) is 18.4 Å². The van der Waals surface area contributed by atoms with Crippen molar-refractivity contribution >= 4 is 21.8 Å². The molecule has 2 N–H and O–H groups in total. The van der Waals surface area contributed by atoms with E-state index in [1.54, 1.807) is 0 Å². The number of nitrogens with one attached hydrogen (secondary N) is 2. The van der Waals surface area contributed by atoms with Crippen LogP contribution in [0, 0.1) is 17.6 Å². The van der Waals surface area contributed by atoms with Gasteiger partial charge in [0.2, 0.25) is 21.8 Å². The summed E-state index contributed by atoms with van der Waals surface area (Å²) in [5, 5.41) is 0. The van der Waals surface area contributed by atoms with E-state index in [0.717, 1.165) is 12.1 Å². The molecule has 0 spiro atoms. The van der Waals surface area contributed by atoms with Crippen LogP contribution < -0.4 is 10.9 Å². The molecule has 30 heavy (non-hydrogen) atoms. The lowest BCUT2D eigenvalue weighted by Crippen LogP contribution is -2.50. The lowest BCUT2D eigenvalue weighted by Gasteiger charge is -2.31. The summed E-state index contributed by atoms with van der Waals surface area (Å²) in [5.74, 6) is -2.57. The van der Waals surface area contributed by atoms with Crippen LogP contribution in [-0.4, -0.2) is 37.6 Å². The molecule has 0 saturated carbocycles. The van der Waals surface area contributed by atoms with Gasteiger partial charge in [-0.05, 0) is 54.8 Å². The molecule has 2 aromatic carbocycles. The van der Waals surface area contributed by atoms with E-state index < -0.39 is 39.4 Å². The summed E-state index contributed by atoms with van der Waals surface area (Å²) in [5.41, 5.74) is 5.19. The molecule has 1 heterocycles. The molecule has 1 fully saturated rings. The van der Waals surface area contributed by atoms with Crippen LogP contribution in [0.5, 0.6) is 0 Å². The Morgan fingerprint density at radius 1 is 0.967 bits per heavy atom. The highest BCUT2D eigenvalue weighted by Crippen LogP contribution is 2.24. The van der Waals surface area contributed by atoms with Crippen LogP contribution >= 0.6 is 0 Å². The number of rotatable bonds is 5. The van der Waals surface area contributed by atoms with Crippen molar-refractivity contribution in [2.24, 2.45) is 5.92 Å². The average molecular weight is 437 g/mol. The lowest BCUT2D eigenvalue weighted by molar-refractivity contribution is -0.131. The lowest BCUT2D eigenvalue weighted by atomic mass is 9.99. The van der Waals surface area contributed by atoms with E-state index in [-0.39, 0.29) is 24.4 Å². The van der Waals surface area contributed by atoms with Crippen molar-refractivity contribution in [1.82, 2.24) is 15.2 Å². The van der Waals surface area contributed by atoms with Crippen molar-refractivity contribution in [2.75, 3.05) is 13.1 Å². The molecule has 0 bridgehead atoms. The monoisotopic (exact) mass is 437 g/mol. The largest absolute Gasteiger partial charge is 0.273 e. The van der Waals surface area contributed by atoms with Crippen molar-refractivity contribution in [3.05, 3.63) is 65.7 Å². The second-order valence-corrected chi connectivity index (χ2v) is 8.93. The van der Waals surface area contributed by atoms with E-state index in [1.165, 1.54) is 40.7 Å². The van der Waals surface area contributed by atoms with Gasteiger partial charge in [-0.25, -0.2) is 17.2 Å². The highest BCUT2D eigenvalue weighted by molar-refractivity contribution is 7.89. The Morgan fingerprint density at radius 3 is 2.20 bits per heavy atom. The summed E-state index contributed by atoms with van der Waals surface area (Å²) >= 11 is 0. The van der Waals surface area contributed by atoms with Gasteiger partial charge >= 0.3 is 0 Å². The van der Waals surface area contributed by atoms with Crippen LogP contribution in [0.4, 0.5) is 8.78 Å². The molecule has 160 valence electrons. The number of piperidine rings is 1. The minimum absolute atomic E-state index is 0.0423. The molecule has 1 atom stereocenters. The zero-order chi connectivity index (χ0) is 21.7. The third-order valence-electron chi connectivity index (χ3n) is 4.81. The van der Waals surface area contributed by atoms with Gasteiger partial charge in [0, 0.05) is 13.1 Å². The predicted molar refractivity (Wildman–Crippen MR) is 104 cm³/mol. The summed E-state index contributed by atoms with van der Waals surface area (Å²) < 4.78 is 52.6. The van der Waals surface area contributed by atoms with Gasteiger partial charge in [-0.15, -0.1) is 0 Å². The number of halogens is 2. The molecule has 1 aliphatic heterocycles. The first-order valence-electron chi connectivity index (χ1n) is 9.34. The van der Waals surface area contributed by atoms with Gasteiger partial charge in [0.05, 0.1) is 17.2 Å². The van der Waals surface area contributed by atoms with Gasteiger partial charge in [0.15, 0.2) is 0 Å². The summed E-state index contributed by atoms with van der Waals surface area (Å²) in [4.78, 5) is 24.3. The van der Waals surface area contributed by atoms with E-state index in [0.29, 0.717) is 18.4 Å². The quantitative estimate of drug-likeness (QED) is 0.697. The van der Waals surface area contributed by atoms with E-state index in [4.69, 9.17) is 0 Å². The van der Waals surface area contributed by atoms with E-state index in [1.807, 2.05) is 0 Å². The fraction of sp³-hybridized carbons (Fsp3) is 0.300. The number of hydrogen-bond acceptors (Lipinski definition) is 4. The van der Waals surface area contributed by atoms with Crippen LogP contribution in [0.2, 0.25) is 0 Å². The fourth-order valence-electron chi connectivity index (χ4n) is 3.20. The van der Waals surface area contributed by atoms with Crippen molar-refractivity contribution in [1.29, 1.82) is 0 Å². The van der Waals surface area contributed by atoms with Crippen LogP contribution in [-0.2, 0) is 26.0 Å². The van der Waals surface area contributed by atoms with Crippen LogP contribution in [0.15, 0.2) is 53.4 Å². The molecule has 2 aromatic rings. The number of hydrogen-bond donors (Lipinski definition) is 2. The Balaban J connectivity index is 1.55. The Morgan fingerprint density at radius 2 is 1.57 bits per heavy atom. The number of hydrazine groups is 1. The van der Waals surface area contributed by atoms with Gasteiger partial charge in [-0.1, -0.05) is 12.1 Å². The van der Waals surface area contributed by atoms with Gasteiger partial charge in [0.25, 0.3) is 0 Å². The molecule has 1 aliphatic rings. The molecular formula is C20H21F2N3O4S. The van der Waals surface area contributed by atoms with E-state index in [9.17, 15) is 26.8 Å². The summed E-state index contributed by atoms with van der Waals surface area (Å²) in [7, 11) is -3.85. The molecular weight excluding hydrogens is 416 g/mol. The fourth-order valence-corrected chi connectivity index (χ4v) is 4.72. The second kappa shape index (κ2) is 9.31. The Labute approximate surface area is 173 Å². The van der Waals surface area contributed by atoms with Crippen molar-refractivity contribution in [2.45, 2.75) is 24.2 Å². The first-order chi connectivity index (χ1) is 14.3. The molecule has 10 heteroatoms. The number of sulfonamides is 1. The Hall–Kier alpha value is -2.85. The SMILES string of the molecule is O=C(Cc1ccc(F)cc1)NNC(=O)C1CCCN(S(=O)(=O)c2ccc(F)cc2)C1. The molecule has 7 nitrogen and oxygen atoms in total. The van der Waals surface area contributed by atoms with Gasteiger partial charge in [-0.3, -0.25) is 20.4 Å². The Bertz CT molecular complexity index is 1010. The topological polar surface area (TPSA) is 95.6 Å². The highest BCUT2D eigenvalue weighted by atomic mass is 32.2. The minimum atomic E-state index is -3.85. The molecule has 0 radical (unpaired) electrons. The molecule has 2 amide bonds. The molecule has 0 aromatic heterocycles. The summed E-state index contributed by atoms with van der Waals surface area (Å²) in [6.45, 7) is 0.208. The third-order valence-corrected chi connectivity index (χ3v) is 6.69. The number of carbonyl (C=O) groups is 2. The van der Waals surface area contributed by atoms with E-state index in [2.05, 4.69) is 10.9 Å². The maximum Gasteiger partial charge on any atom is 0.243 e. The highest BCUT2D eigenvalue weighted by Gasteiger charge is 2.33. The maximum atomic E-state index is 13.1. The first-order valence-corrected chi connectivity index (χ1v) is 10.8. The molecule has 0 aliphatic carbocycles. The number of nitrogens with zero attached hydrogens (tertiary/aromatic N) is 1. The van der Waals surface area contributed by atoms with E-state index >= 15 is 0 Å². The third kappa shape index (κ3) is 5.39. The van der Waals surface area contributed by atoms with Crippen LogP contribution in [0.25, 0.3) is 0 Å². The number of carbonyl (C=O) groups excluding carboxylic acids is 2. The number of benzene rings is 2. The molecule has 1 saturated heterocycles. The standard InChI is InChI=1S/C20H21F2N3O4S/c21-16-5-3-14(4-6-16)12-19(26)23-24-20(27)15-2-1-11-25(13-15)30(28,29)18-9-7-17(22)8-10-18/h3-10,15H,1-2,11-13H2,(H,23,26)(H,24,27). The zero-order valence-corrected chi connectivity index (χ0v) is 16.8. The first kappa shape index (κ1) is 21.8. The average Bonchev–Trinajstić information content (AvgIpc) is 2.74. The molecule has 3 rings (SSSR count). The van der Waals surface area contributed by atoms with Crippen molar-refractivity contribution < 1.29 is 26.8 Å². The second-order valence-electron chi connectivity index (χ2n) is 7.00. The predicted octanol–water partition coefficient (Wildman–Crippen LogP) is 1.76. The van der Waals surface area contributed by atoms with Gasteiger partial charge in [0.1, 0.15) is 11.6 Å². The Kier molecular flexibility index (Phi) is 6.78. The smallest absolute Gasteiger partial charge is 0.243 e. The maximum absolute atomic E-state index is 13.1. The van der Waals surface area contributed by atoms with Crippen LogP contribution in [0.3, 0.4) is 0 Å². The van der Waals surface area contributed by atoms with Crippen molar-refractivity contribution in [3.8, 4) is 0 Å². The zero-order valence-electron chi connectivity index (χ0n) is 16.0.